The molecule has 0 radical (unpaired) electrons. The van der Waals surface area contributed by atoms with E-state index in [1.807, 2.05) is 61.5 Å². The van der Waals surface area contributed by atoms with Crippen molar-refractivity contribution in [3.63, 3.8) is 0 Å². The molecule has 154 valence electrons. The predicted octanol–water partition coefficient (Wildman–Crippen LogP) is 4.02. The van der Waals surface area contributed by atoms with Crippen LogP contribution in [-0.2, 0) is 11.4 Å². The van der Waals surface area contributed by atoms with Gasteiger partial charge in [-0.1, -0.05) is 42.5 Å². The number of amides is 1. The van der Waals surface area contributed by atoms with Crippen LogP contribution in [0.3, 0.4) is 0 Å². The van der Waals surface area contributed by atoms with Gasteiger partial charge < -0.3 is 10.1 Å². The van der Waals surface area contributed by atoms with Gasteiger partial charge in [-0.05, 0) is 36.2 Å². The lowest BCUT2D eigenvalue weighted by molar-refractivity contribution is -0.116. The lowest BCUT2D eigenvalue weighted by atomic mass is 9.86. The summed E-state index contributed by atoms with van der Waals surface area (Å²) in [5, 5.41) is 7.58. The van der Waals surface area contributed by atoms with Gasteiger partial charge in [0, 0.05) is 30.3 Å². The Balaban J connectivity index is 1.48. The lowest BCUT2D eigenvalue weighted by Gasteiger charge is -2.24. The monoisotopic (exact) mass is 411 g/mol. The minimum absolute atomic E-state index is 0.0646. The number of aryl methyl sites for hydroxylation is 1. The molecule has 0 unspecified atom stereocenters. The normalized spacial score (nSPS) is 15.3. The number of hydrogen-bond acceptors (Lipinski definition) is 5. The fourth-order valence-corrected chi connectivity index (χ4v) is 3.94. The van der Waals surface area contributed by atoms with Crippen LogP contribution in [0.25, 0.3) is 5.95 Å². The van der Waals surface area contributed by atoms with Crippen molar-refractivity contribution in [3.05, 3.63) is 95.4 Å². The molecule has 0 saturated carbocycles. The van der Waals surface area contributed by atoms with Crippen molar-refractivity contribution in [2.24, 2.45) is 0 Å². The van der Waals surface area contributed by atoms with Gasteiger partial charge in [0.05, 0.1) is 5.69 Å². The summed E-state index contributed by atoms with van der Waals surface area (Å²) in [6.07, 6.45) is 3.65. The third-order valence-corrected chi connectivity index (χ3v) is 5.35. The molecule has 1 aliphatic rings. The van der Waals surface area contributed by atoms with Crippen molar-refractivity contribution in [1.82, 2.24) is 19.7 Å². The van der Waals surface area contributed by atoms with Crippen LogP contribution in [0.2, 0.25) is 0 Å². The zero-order valence-corrected chi connectivity index (χ0v) is 17.0. The van der Waals surface area contributed by atoms with E-state index >= 15 is 0 Å². The Labute approximate surface area is 179 Å². The summed E-state index contributed by atoms with van der Waals surface area (Å²) in [5.74, 6) is 1.63. The molecule has 0 bridgehead atoms. The average molecular weight is 411 g/mol. The zero-order chi connectivity index (χ0) is 21.2. The number of fused-ring (bicyclic) bond motifs is 1. The molecule has 0 spiro atoms. The van der Waals surface area contributed by atoms with Crippen LogP contribution in [0, 0.1) is 6.92 Å². The fraction of sp³-hybridized carbons (Fsp3) is 0.167. The quantitative estimate of drug-likeness (QED) is 0.536. The summed E-state index contributed by atoms with van der Waals surface area (Å²) >= 11 is 0. The first kappa shape index (κ1) is 19.0. The summed E-state index contributed by atoms with van der Waals surface area (Å²) in [6.45, 7) is 2.43. The number of nitrogens with zero attached hydrogens (tertiary/aromatic N) is 4. The molecular weight excluding hydrogens is 390 g/mol. The van der Waals surface area contributed by atoms with E-state index < -0.39 is 0 Å². The van der Waals surface area contributed by atoms with Crippen molar-refractivity contribution >= 4 is 11.7 Å². The topological polar surface area (TPSA) is 81.9 Å². The number of rotatable bonds is 5. The summed E-state index contributed by atoms with van der Waals surface area (Å²) in [6, 6.07) is 19.7. The number of carbonyl (C=O) groups excluding carboxylic acids is 1. The maximum atomic E-state index is 12.6. The van der Waals surface area contributed by atoms with E-state index in [-0.39, 0.29) is 11.8 Å². The fourth-order valence-electron chi connectivity index (χ4n) is 3.94. The van der Waals surface area contributed by atoms with Crippen molar-refractivity contribution < 1.29 is 9.53 Å². The van der Waals surface area contributed by atoms with Gasteiger partial charge in [0.1, 0.15) is 18.2 Å². The molecule has 1 aliphatic heterocycles. The molecule has 1 N–H and O–H groups in total. The van der Waals surface area contributed by atoms with E-state index in [1.54, 1.807) is 23.1 Å². The van der Waals surface area contributed by atoms with Crippen molar-refractivity contribution in [2.75, 3.05) is 5.32 Å². The highest BCUT2D eigenvalue weighted by Crippen LogP contribution is 2.40. The molecule has 2 aromatic carbocycles. The summed E-state index contributed by atoms with van der Waals surface area (Å²) < 4.78 is 7.60. The van der Waals surface area contributed by atoms with E-state index in [0.717, 1.165) is 28.1 Å². The Morgan fingerprint density at radius 1 is 1.06 bits per heavy atom. The SMILES string of the molecule is Cc1nn(-c2ncccn2)c2c1[C@@H](c1cccc(OCc3ccccc3)c1)CC(=O)N2. The van der Waals surface area contributed by atoms with Gasteiger partial charge >= 0.3 is 0 Å². The summed E-state index contributed by atoms with van der Waals surface area (Å²) in [4.78, 5) is 21.1. The predicted molar refractivity (Wildman–Crippen MR) is 116 cm³/mol. The van der Waals surface area contributed by atoms with Gasteiger partial charge in [-0.2, -0.15) is 9.78 Å². The zero-order valence-electron chi connectivity index (χ0n) is 17.0. The van der Waals surface area contributed by atoms with Crippen LogP contribution in [0.5, 0.6) is 5.75 Å². The van der Waals surface area contributed by atoms with Gasteiger partial charge in [-0.15, -0.1) is 0 Å². The molecule has 0 fully saturated rings. The molecule has 1 amide bonds. The van der Waals surface area contributed by atoms with Gasteiger partial charge in [-0.3, -0.25) is 4.79 Å². The van der Waals surface area contributed by atoms with E-state index in [0.29, 0.717) is 24.8 Å². The van der Waals surface area contributed by atoms with Gasteiger partial charge in [-0.25, -0.2) is 9.97 Å². The Kier molecular flexibility index (Phi) is 4.92. The maximum absolute atomic E-state index is 12.6. The van der Waals surface area contributed by atoms with Gasteiger partial charge in [0.15, 0.2) is 0 Å². The van der Waals surface area contributed by atoms with Crippen molar-refractivity contribution in [3.8, 4) is 11.7 Å². The summed E-state index contributed by atoms with van der Waals surface area (Å²) in [5.41, 5.74) is 3.93. The van der Waals surface area contributed by atoms with Crippen LogP contribution >= 0.6 is 0 Å². The number of aromatic nitrogens is 4. The molecule has 4 aromatic rings. The molecule has 0 aliphatic carbocycles. The number of nitrogens with one attached hydrogen (secondary N) is 1. The first-order valence-corrected chi connectivity index (χ1v) is 10.1. The summed E-state index contributed by atoms with van der Waals surface area (Å²) in [7, 11) is 0. The highest BCUT2D eigenvalue weighted by Gasteiger charge is 2.33. The molecule has 31 heavy (non-hydrogen) atoms. The van der Waals surface area contributed by atoms with Crippen LogP contribution in [0.15, 0.2) is 73.1 Å². The molecule has 1 atom stereocenters. The minimum atomic E-state index is -0.124. The van der Waals surface area contributed by atoms with Crippen LogP contribution in [0.1, 0.15) is 34.7 Å². The Morgan fingerprint density at radius 2 is 1.87 bits per heavy atom. The molecular formula is C24H21N5O2. The molecule has 3 heterocycles. The van der Waals surface area contributed by atoms with Gasteiger partial charge in [0.2, 0.25) is 5.91 Å². The number of benzene rings is 2. The highest BCUT2D eigenvalue weighted by molar-refractivity contribution is 5.95. The molecule has 7 heteroatoms. The number of carbonyl (C=O) groups is 1. The first-order valence-electron chi connectivity index (χ1n) is 10.1. The van der Waals surface area contributed by atoms with Crippen molar-refractivity contribution in [2.45, 2.75) is 25.9 Å². The molecule has 5 rings (SSSR count). The third-order valence-electron chi connectivity index (χ3n) is 5.35. The van der Waals surface area contributed by atoms with Gasteiger partial charge in [0.25, 0.3) is 5.95 Å². The minimum Gasteiger partial charge on any atom is -0.489 e. The second-order valence-electron chi connectivity index (χ2n) is 7.46. The average Bonchev–Trinajstić information content (AvgIpc) is 3.15. The Bertz CT molecular complexity index is 1220. The third kappa shape index (κ3) is 3.77. The Morgan fingerprint density at radius 3 is 2.68 bits per heavy atom. The molecule has 7 nitrogen and oxygen atoms in total. The van der Waals surface area contributed by atoms with Crippen LogP contribution in [-0.4, -0.2) is 25.7 Å². The number of hydrogen-bond donors (Lipinski definition) is 1. The maximum Gasteiger partial charge on any atom is 0.252 e. The first-order chi connectivity index (χ1) is 15.2. The number of anilines is 1. The number of ether oxygens (including phenoxy) is 1. The largest absolute Gasteiger partial charge is 0.489 e. The van der Waals surface area contributed by atoms with E-state index in [4.69, 9.17) is 4.74 Å². The second-order valence-corrected chi connectivity index (χ2v) is 7.46. The van der Waals surface area contributed by atoms with Crippen LogP contribution < -0.4 is 10.1 Å². The van der Waals surface area contributed by atoms with Crippen molar-refractivity contribution in [1.29, 1.82) is 0 Å². The smallest absolute Gasteiger partial charge is 0.252 e. The molecule has 2 aromatic heterocycles. The molecule has 0 saturated heterocycles. The highest BCUT2D eigenvalue weighted by atomic mass is 16.5. The van der Waals surface area contributed by atoms with E-state index in [1.165, 1.54) is 0 Å². The second kappa shape index (κ2) is 8.02. The lowest BCUT2D eigenvalue weighted by Crippen LogP contribution is -2.25. The standard InChI is InChI=1S/C24H21N5O2/c1-16-22-20(14-21(30)27-23(22)29(28-16)24-25-11-6-12-26-24)18-9-5-10-19(13-18)31-15-17-7-3-2-4-8-17/h2-13,20H,14-15H2,1H3,(H,27,30)/t20-/m1/s1. The van der Waals surface area contributed by atoms with E-state index in [2.05, 4.69) is 20.4 Å². The van der Waals surface area contributed by atoms with Crippen LogP contribution in [0.4, 0.5) is 5.82 Å². The Hall–Kier alpha value is -4.00. The van der Waals surface area contributed by atoms with E-state index in [9.17, 15) is 4.79 Å².